The van der Waals surface area contributed by atoms with E-state index in [0.717, 1.165) is 5.69 Å². The van der Waals surface area contributed by atoms with Gasteiger partial charge in [0.1, 0.15) is 5.54 Å². The van der Waals surface area contributed by atoms with Gasteiger partial charge >= 0.3 is 5.97 Å². The average molecular weight is 228 g/mol. The van der Waals surface area contributed by atoms with E-state index >= 15 is 0 Å². The molecule has 4 nitrogen and oxygen atoms in total. The van der Waals surface area contributed by atoms with Gasteiger partial charge in [0.05, 0.1) is 17.2 Å². The molecule has 0 aliphatic rings. The minimum absolute atomic E-state index is 0.00218. The summed E-state index contributed by atoms with van der Waals surface area (Å²) in [5.74, 6) is -0.827. The lowest BCUT2D eigenvalue weighted by molar-refractivity contribution is -0.149. The van der Waals surface area contributed by atoms with Crippen LogP contribution in [0.4, 0.5) is 0 Å². The van der Waals surface area contributed by atoms with Crippen LogP contribution >= 0.6 is 11.3 Å². The number of rotatable bonds is 4. The maximum absolute atomic E-state index is 11.1. The number of hydrogen-bond donors (Lipinski definition) is 1. The number of aliphatic carboxylic acids is 1. The highest BCUT2D eigenvalue weighted by Gasteiger charge is 2.35. The van der Waals surface area contributed by atoms with Gasteiger partial charge in [0.2, 0.25) is 0 Å². The van der Waals surface area contributed by atoms with Crippen molar-refractivity contribution in [2.45, 2.75) is 32.4 Å². The van der Waals surface area contributed by atoms with E-state index in [2.05, 4.69) is 4.98 Å². The van der Waals surface area contributed by atoms with Crippen molar-refractivity contribution in [3.05, 3.63) is 16.6 Å². The Hall–Kier alpha value is -0.940. The molecule has 0 fully saturated rings. The second-order valence-electron chi connectivity index (χ2n) is 4.06. The zero-order chi connectivity index (χ0) is 11.6. The molecule has 1 heterocycles. The smallest absolute Gasteiger partial charge is 0.323 e. The van der Waals surface area contributed by atoms with E-state index in [-0.39, 0.29) is 6.04 Å². The van der Waals surface area contributed by atoms with Crippen molar-refractivity contribution in [3.63, 3.8) is 0 Å². The van der Waals surface area contributed by atoms with Gasteiger partial charge in [-0.2, -0.15) is 0 Å². The predicted molar refractivity (Wildman–Crippen MR) is 60.0 cm³/mol. The first-order valence-corrected chi connectivity index (χ1v) is 5.66. The molecule has 0 aliphatic heterocycles. The minimum atomic E-state index is -0.886. The molecular weight excluding hydrogens is 212 g/mol. The Labute approximate surface area is 93.6 Å². The van der Waals surface area contributed by atoms with Gasteiger partial charge in [-0.05, 0) is 27.8 Å². The molecule has 0 saturated carbocycles. The highest BCUT2D eigenvalue weighted by Crippen LogP contribution is 2.26. The molecule has 15 heavy (non-hydrogen) atoms. The molecule has 0 amide bonds. The molecule has 1 aromatic heterocycles. The quantitative estimate of drug-likeness (QED) is 0.856. The van der Waals surface area contributed by atoms with Crippen LogP contribution in [-0.2, 0) is 4.79 Å². The van der Waals surface area contributed by atoms with Crippen molar-refractivity contribution in [2.75, 3.05) is 7.05 Å². The van der Waals surface area contributed by atoms with Crippen LogP contribution in [0.3, 0.4) is 0 Å². The number of aromatic nitrogens is 1. The molecule has 0 spiro atoms. The first-order valence-electron chi connectivity index (χ1n) is 4.71. The van der Waals surface area contributed by atoms with E-state index in [9.17, 15) is 4.79 Å². The fourth-order valence-electron chi connectivity index (χ4n) is 1.26. The summed E-state index contributed by atoms with van der Waals surface area (Å²) in [5.41, 5.74) is 1.79. The maximum Gasteiger partial charge on any atom is 0.323 e. The Morgan fingerprint density at radius 3 is 2.67 bits per heavy atom. The number of hydrogen-bond acceptors (Lipinski definition) is 4. The molecule has 1 N–H and O–H groups in total. The van der Waals surface area contributed by atoms with Crippen LogP contribution in [0.5, 0.6) is 0 Å². The molecule has 1 atom stereocenters. The number of likely N-dealkylation sites (N-methyl/N-ethyl adjacent to an activating group) is 1. The van der Waals surface area contributed by atoms with Gasteiger partial charge in [-0.1, -0.05) is 0 Å². The zero-order valence-corrected chi connectivity index (χ0v) is 10.2. The first-order chi connectivity index (χ1) is 6.87. The third kappa shape index (κ3) is 2.35. The van der Waals surface area contributed by atoms with Crippen molar-refractivity contribution < 1.29 is 9.90 Å². The fourth-order valence-corrected chi connectivity index (χ4v) is 1.90. The second kappa shape index (κ2) is 4.28. The van der Waals surface area contributed by atoms with Crippen LogP contribution in [0.15, 0.2) is 10.9 Å². The summed E-state index contributed by atoms with van der Waals surface area (Å²) >= 11 is 1.52. The van der Waals surface area contributed by atoms with Crippen LogP contribution < -0.4 is 0 Å². The molecule has 1 unspecified atom stereocenters. The summed E-state index contributed by atoms with van der Waals surface area (Å²) in [6.45, 7) is 5.34. The molecule has 0 bridgehead atoms. The molecule has 1 aromatic rings. The van der Waals surface area contributed by atoms with Crippen LogP contribution in [0.1, 0.15) is 32.5 Å². The summed E-state index contributed by atoms with van der Waals surface area (Å²) in [5, 5.41) is 11.0. The van der Waals surface area contributed by atoms with Crippen molar-refractivity contribution >= 4 is 17.3 Å². The van der Waals surface area contributed by atoms with E-state index in [1.807, 2.05) is 17.2 Å². The van der Waals surface area contributed by atoms with Crippen molar-refractivity contribution in [3.8, 4) is 0 Å². The van der Waals surface area contributed by atoms with Gasteiger partial charge in [0.25, 0.3) is 0 Å². The third-order valence-corrected chi connectivity index (χ3v) is 3.47. The number of carbonyl (C=O) groups is 1. The number of carboxylic acids is 1. The Balaban J connectivity index is 2.85. The van der Waals surface area contributed by atoms with Crippen LogP contribution in [0, 0.1) is 0 Å². The number of nitrogens with zero attached hydrogens (tertiary/aromatic N) is 2. The Kier molecular flexibility index (Phi) is 3.46. The molecule has 0 aliphatic carbocycles. The van der Waals surface area contributed by atoms with Crippen molar-refractivity contribution in [1.29, 1.82) is 0 Å². The maximum atomic E-state index is 11.1. The van der Waals surface area contributed by atoms with Crippen molar-refractivity contribution in [1.82, 2.24) is 9.88 Å². The normalized spacial score (nSPS) is 14.2. The molecule has 5 heteroatoms. The van der Waals surface area contributed by atoms with Gasteiger partial charge in [0.15, 0.2) is 0 Å². The SMILES string of the molecule is CC(c1cscn1)N(C)C(C)(C)C(=O)O. The van der Waals surface area contributed by atoms with Gasteiger partial charge in [-0.15, -0.1) is 11.3 Å². The van der Waals surface area contributed by atoms with E-state index in [4.69, 9.17) is 5.11 Å². The van der Waals surface area contributed by atoms with Gasteiger partial charge in [0, 0.05) is 5.38 Å². The largest absolute Gasteiger partial charge is 0.480 e. The Bertz CT molecular complexity index is 335. The molecule has 0 saturated heterocycles. The van der Waals surface area contributed by atoms with Gasteiger partial charge < -0.3 is 5.11 Å². The monoisotopic (exact) mass is 228 g/mol. The van der Waals surface area contributed by atoms with E-state index in [1.54, 1.807) is 26.4 Å². The average Bonchev–Trinajstić information content (AvgIpc) is 2.67. The van der Waals surface area contributed by atoms with E-state index in [1.165, 1.54) is 11.3 Å². The lowest BCUT2D eigenvalue weighted by Crippen LogP contribution is -2.48. The van der Waals surface area contributed by atoms with Crippen LogP contribution in [0.2, 0.25) is 0 Å². The summed E-state index contributed by atoms with van der Waals surface area (Å²) in [7, 11) is 1.80. The topological polar surface area (TPSA) is 53.4 Å². The number of carboxylic acid groups (broad SMARTS) is 1. The standard InChI is InChI=1S/C10H16N2O2S/c1-7(8-5-15-6-11-8)12(4)10(2,3)9(13)14/h5-7H,1-4H3,(H,13,14). The summed E-state index contributed by atoms with van der Waals surface area (Å²) < 4.78 is 0. The van der Waals surface area contributed by atoms with Crippen LogP contribution in [0.25, 0.3) is 0 Å². The van der Waals surface area contributed by atoms with E-state index in [0.29, 0.717) is 0 Å². The fraction of sp³-hybridized carbons (Fsp3) is 0.600. The molecule has 0 aromatic carbocycles. The lowest BCUT2D eigenvalue weighted by atomic mass is 10.0. The summed E-state index contributed by atoms with van der Waals surface area (Å²) in [6, 6.07) is 0.00218. The first kappa shape index (κ1) is 12.1. The molecular formula is C10H16N2O2S. The highest BCUT2D eigenvalue weighted by atomic mass is 32.1. The highest BCUT2D eigenvalue weighted by molar-refractivity contribution is 7.07. The van der Waals surface area contributed by atoms with Gasteiger partial charge in [-0.25, -0.2) is 4.98 Å². The molecule has 84 valence electrons. The van der Waals surface area contributed by atoms with Crippen LogP contribution in [-0.4, -0.2) is 33.5 Å². The Morgan fingerprint density at radius 2 is 2.27 bits per heavy atom. The third-order valence-electron chi connectivity index (χ3n) is 2.87. The zero-order valence-electron chi connectivity index (χ0n) is 9.39. The summed E-state index contributed by atoms with van der Waals surface area (Å²) in [6.07, 6.45) is 0. The Morgan fingerprint density at radius 1 is 1.67 bits per heavy atom. The summed E-state index contributed by atoms with van der Waals surface area (Å²) in [4.78, 5) is 17.1. The predicted octanol–water partition coefficient (Wildman–Crippen LogP) is 2.00. The van der Waals surface area contributed by atoms with E-state index < -0.39 is 11.5 Å². The van der Waals surface area contributed by atoms with Gasteiger partial charge in [-0.3, -0.25) is 9.69 Å². The van der Waals surface area contributed by atoms with Crippen molar-refractivity contribution in [2.24, 2.45) is 0 Å². The molecule has 1 rings (SSSR count). The lowest BCUT2D eigenvalue weighted by Gasteiger charge is -2.35. The molecule has 0 radical (unpaired) electrons. The second-order valence-corrected chi connectivity index (χ2v) is 4.78. The number of thiazole rings is 1. The minimum Gasteiger partial charge on any atom is -0.480 e.